The third-order valence-electron chi connectivity index (χ3n) is 4.38. The molecule has 148 valence electrons. The first-order chi connectivity index (χ1) is 13.4. The lowest BCUT2D eigenvalue weighted by Gasteiger charge is -2.19. The number of ether oxygens (including phenoxy) is 2. The number of nitrogens with one attached hydrogen (secondary N) is 1. The van der Waals surface area contributed by atoms with Crippen LogP contribution in [0.15, 0.2) is 40.5 Å². The number of anilines is 1. The Kier molecular flexibility index (Phi) is 5.07. The molecule has 0 spiro atoms. The second-order valence-corrected chi connectivity index (χ2v) is 9.01. The van der Waals surface area contributed by atoms with E-state index in [1.165, 1.54) is 0 Å². The van der Waals surface area contributed by atoms with Crippen molar-refractivity contribution in [2.75, 3.05) is 25.6 Å². The molecule has 0 unspecified atom stereocenters. The number of aromatic nitrogens is 3. The number of pyridine rings is 1. The Morgan fingerprint density at radius 3 is 2.86 bits per heavy atom. The maximum Gasteiger partial charge on any atom is 0.231 e. The zero-order valence-corrected chi connectivity index (χ0v) is 17.2. The Bertz CT molecular complexity index is 996. The zero-order valence-electron chi connectivity index (χ0n) is 16.4. The van der Waals surface area contributed by atoms with Crippen molar-refractivity contribution in [3.8, 4) is 11.5 Å². The number of hydrogen-bond donors (Lipinski definition) is 2. The Morgan fingerprint density at radius 2 is 2.04 bits per heavy atom. The van der Waals surface area contributed by atoms with Crippen LogP contribution in [0.5, 0.6) is 11.5 Å². The summed E-state index contributed by atoms with van der Waals surface area (Å²) in [5.41, 5.74) is 8.05. The van der Waals surface area contributed by atoms with Gasteiger partial charge >= 0.3 is 0 Å². The van der Waals surface area contributed by atoms with E-state index in [0.717, 1.165) is 52.2 Å². The minimum atomic E-state index is 0.245. The molecule has 3 aromatic rings. The first-order valence-corrected chi connectivity index (χ1v) is 10.1. The summed E-state index contributed by atoms with van der Waals surface area (Å²) in [6, 6.07) is 7.89. The fraction of sp³-hybridized carbons (Fsp3) is 0.400. The van der Waals surface area contributed by atoms with Crippen molar-refractivity contribution in [1.82, 2.24) is 19.9 Å². The summed E-state index contributed by atoms with van der Waals surface area (Å²) < 4.78 is 13.1. The molecule has 0 saturated carbocycles. The number of fused-ring (bicyclic) bond motifs is 2. The van der Waals surface area contributed by atoms with E-state index in [1.54, 1.807) is 18.0 Å². The number of hydrogen-bond acceptors (Lipinski definition) is 7. The van der Waals surface area contributed by atoms with Crippen LogP contribution in [0.4, 0.5) is 5.82 Å². The highest BCUT2D eigenvalue weighted by Gasteiger charge is 2.18. The van der Waals surface area contributed by atoms with Crippen molar-refractivity contribution in [2.24, 2.45) is 5.41 Å². The van der Waals surface area contributed by atoms with Crippen LogP contribution in [0.2, 0.25) is 0 Å². The van der Waals surface area contributed by atoms with Gasteiger partial charge in [-0.2, -0.15) is 0 Å². The van der Waals surface area contributed by atoms with Gasteiger partial charge in [0.2, 0.25) is 6.79 Å². The smallest absolute Gasteiger partial charge is 0.231 e. The van der Waals surface area contributed by atoms with E-state index in [-0.39, 0.29) is 12.2 Å². The number of rotatable bonds is 6. The van der Waals surface area contributed by atoms with Gasteiger partial charge in [-0.3, -0.25) is 0 Å². The summed E-state index contributed by atoms with van der Waals surface area (Å²) in [5.74, 6) is 1.99. The lowest BCUT2D eigenvalue weighted by atomic mass is 9.97. The number of imidazole rings is 1. The van der Waals surface area contributed by atoms with Crippen molar-refractivity contribution in [2.45, 2.75) is 37.4 Å². The molecule has 0 radical (unpaired) electrons. The summed E-state index contributed by atoms with van der Waals surface area (Å²) in [6.07, 6.45) is 1.73. The molecule has 7 nitrogen and oxygen atoms in total. The SMILES string of the molecule is CC(C)(C)CNCCn1c(Sc2ccc3c(c2)OCO3)nc2c(N)nccc21. The van der Waals surface area contributed by atoms with Crippen LogP contribution in [-0.4, -0.2) is 34.4 Å². The normalized spacial score (nSPS) is 13.4. The maximum atomic E-state index is 6.07. The maximum absolute atomic E-state index is 6.07. The molecule has 3 N–H and O–H groups in total. The van der Waals surface area contributed by atoms with Gasteiger partial charge in [0.25, 0.3) is 0 Å². The molecule has 1 aromatic carbocycles. The second-order valence-electron chi connectivity index (χ2n) is 7.96. The van der Waals surface area contributed by atoms with Crippen LogP contribution in [-0.2, 0) is 6.54 Å². The molecule has 0 fully saturated rings. The fourth-order valence-corrected chi connectivity index (χ4v) is 3.99. The Balaban J connectivity index is 1.60. The average Bonchev–Trinajstić information content (AvgIpc) is 3.23. The van der Waals surface area contributed by atoms with Gasteiger partial charge in [-0.05, 0) is 29.7 Å². The monoisotopic (exact) mass is 399 g/mol. The number of nitrogens with zero attached hydrogens (tertiary/aromatic N) is 3. The van der Waals surface area contributed by atoms with E-state index >= 15 is 0 Å². The molecule has 1 aliphatic rings. The first-order valence-electron chi connectivity index (χ1n) is 9.30. The topological polar surface area (TPSA) is 87.2 Å². The third kappa shape index (κ3) is 4.02. The minimum Gasteiger partial charge on any atom is -0.454 e. The van der Waals surface area contributed by atoms with Crippen molar-refractivity contribution in [3.63, 3.8) is 0 Å². The van der Waals surface area contributed by atoms with E-state index in [2.05, 4.69) is 35.6 Å². The van der Waals surface area contributed by atoms with Crippen molar-refractivity contribution < 1.29 is 9.47 Å². The van der Waals surface area contributed by atoms with Gasteiger partial charge in [0.05, 0.1) is 5.52 Å². The summed E-state index contributed by atoms with van der Waals surface area (Å²) in [7, 11) is 0. The van der Waals surface area contributed by atoms with Gasteiger partial charge in [-0.25, -0.2) is 9.97 Å². The summed E-state index contributed by atoms with van der Waals surface area (Å²) in [5, 5.41) is 4.41. The lowest BCUT2D eigenvalue weighted by molar-refractivity contribution is 0.174. The summed E-state index contributed by atoms with van der Waals surface area (Å²) >= 11 is 1.58. The van der Waals surface area contributed by atoms with Crippen molar-refractivity contribution in [1.29, 1.82) is 0 Å². The van der Waals surface area contributed by atoms with Gasteiger partial charge in [0.15, 0.2) is 22.5 Å². The molecule has 0 aliphatic carbocycles. The van der Waals surface area contributed by atoms with Gasteiger partial charge in [-0.15, -0.1) is 0 Å². The molecule has 0 amide bonds. The molecule has 4 rings (SSSR count). The predicted octanol–water partition coefficient (Wildman–Crippen LogP) is 3.53. The standard InChI is InChI=1S/C20H25N5O2S/c1-20(2,3)11-22-8-9-25-14-6-7-23-18(21)17(14)24-19(25)28-13-4-5-15-16(10-13)27-12-26-15/h4-7,10,22H,8-9,11-12H2,1-3H3,(H2,21,23). The quantitative estimate of drug-likeness (QED) is 0.613. The molecule has 0 saturated heterocycles. The molecule has 0 bridgehead atoms. The Morgan fingerprint density at radius 1 is 1.21 bits per heavy atom. The Labute approximate surface area is 168 Å². The van der Waals surface area contributed by atoms with Crippen molar-refractivity contribution in [3.05, 3.63) is 30.5 Å². The molecule has 0 atom stereocenters. The van der Waals surface area contributed by atoms with Crippen LogP contribution < -0.4 is 20.5 Å². The van der Waals surface area contributed by atoms with Crippen molar-refractivity contribution >= 4 is 28.6 Å². The second kappa shape index (κ2) is 7.52. The molecule has 8 heteroatoms. The molecule has 1 aliphatic heterocycles. The molecule has 2 aromatic heterocycles. The molecular weight excluding hydrogens is 374 g/mol. The fourth-order valence-electron chi connectivity index (χ4n) is 3.04. The predicted molar refractivity (Wildman–Crippen MR) is 111 cm³/mol. The highest BCUT2D eigenvalue weighted by atomic mass is 32.2. The van der Waals surface area contributed by atoms with Crippen LogP contribution in [0.25, 0.3) is 11.0 Å². The third-order valence-corrected chi connectivity index (χ3v) is 5.36. The van der Waals surface area contributed by atoms with E-state index < -0.39 is 0 Å². The van der Waals surface area contributed by atoms with E-state index in [9.17, 15) is 0 Å². The van der Waals surface area contributed by atoms with Crippen LogP contribution >= 0.6 is 11.8 Å². The molecule has 3 heterocycles. The minimum absolute atomic E-state index is 0.245. The van der Waals surface area contributed by atoms with Gasteiger partial charge in [0.1, 0.15) is 5.52 Å². The van der Waals surface area contributed by atoms with Crippen LogP contribution in [0.3, 0.4) is 0 Å². The summed E-state index contributed by atoms with van der Waals surface area (Å²) in [6.45, 7) is 9.53. The van der Waals surface area contributed by atoms with Gasteiger partial charge < -0.3 is 25.1 Å². The van der Waals surface area contributed by atoms with E-state index in [4.69, 9.17) is 20.2 Å². The molecule has 28 heavy (non-hydrogen) atoms. The Hall–Kier alpha value is -2.45. The molecular formula is C20H25N5O2S. The highest BCUT2D eigenvalue weighted by Crippen LogP contribution is 2.38. The number of nitrogen functional groups attached to an aromatic ring is 1. The zero-order chi connectivity index (χ0) is 19.7. The van der Waals surface area contributed by atoms with Gasteiger partial charge in [-0.1, -0.05) is 32.5 Å². The van der Waals surface area contributed by atoms with E-state index in [0.29, 0.717) is 5.82 Å². The largest absolute Gasteiger partial charge is 0.454 e. The van der Waals surface area contributed by atoms with E-state index in [1.807, 2.05) is 24.3 Å². The lowest BCUT2D eigenvalue weighted by Crippen LogP contribution is -2.29. The number of nitrogens with two attached hydrogens (primary N) is 1. The van der Waals surface area contributed by atoms with Crippen LogP contribution in [0.1, 0.15) is 20.8 Å². The summed E-state index contributed by atoms with van der Waals surface area (Å²) in [4.78, 5) is 9.99. The first kappa shape index (κ1) is 18.9. The highest BCUT2D eigenvalue weighted by molar-refractivity contribution is 7.99. The van der Waals surface area contributed by atoms with Gasteiger partial charge in [0, 0.05) is 30.7 Å². The van der Waals surface area contributed by atoms with Crippen LogP contribution in [0, 0.1) is 5.41 Å². The average molecular weight is 400 g/mol. The number of benzene rings is 1.